The summed E-state index contributed by atoms with van der Waals surface area (Å²) >= 11 is 0. The van der Waals surface area contributed by atoms with E-state index < -0.39 is 0 Å². The summed E-state index contributed by atoms with van der Waals surface area (Å²) in [6.07, 6.45) is 11.0. The second kappa shape index (κ2) is 8.93. The van der Waals surface area contributed by atoms with Gasteiger partial charge in [-0.15, -0.1) is 0 Å². The van der Waals surface area contributed by atoms with Crippen LogP contribution in [0, 0.1) is 5.92 Å². The van der Waals surface area contributed by atoms with Gasteiger partial charge >= 0.3 is 0 Å². The zero-order valence-electron chi connectivity index (χ0n) is 12.0. The second-order valence-corrected chi connectivity index (χ2v) is 5.53. The minimum atomic E-state index is 0.523. The van der Waals surface area contributed by atoms with Crippen LogP contribution in [0.1, 0.15) is 65.2 Å². The molecule has 1 rings (SSSR count). The van der Waals surface area contributed by atoms with Gasteiger partial charge in [-0.05, 0) is 44.6 Å². The Kier molecular flexibility index (Phi) is 7.87. The Morgan fingerprint density at radius 3 is 2.41 bits per heavy atom. The van der Waals surface area contributed by atoms with Crippen LogP contribution in [0.2, 0.25) is 0 Å². The molecule has 0 heterocycles. The Labute approximate surface area is 108 Å². The molecular formula is C15H31NO. The Morgan fingerprint density at radius 1 is 1.18 bits per heavy atom. The summed E-state index contributed by atoms with van der Waals surface area (Å²) in [6, 6.07) is 0.747. The van der Waals surface area contributed by atoms with Gasteiger partial charge in [0, 0.05) is 13.2 Å². The fraction of sp³-hybridized carbons (Fsp3) is 1.00. The van der Waals surface area contributed by atoms with E-state index in [1.165, 1.54) is 57.9 Å². The van der Waals surface area contributed by atoms with Crippen molar-refractivity contribution in [1.82, 2.24) is 5.32 Å². The number of unbranched alkanes of at least 4 members (excludes halogenated alkanes) is 1. The molecule has 0 bridgehead atoms. The first-order valence-corrected chi connectivity index (χ1v) is 7.56. The van der Waals surface area contributed by atoms with Crippen LogP contribution in [0.25, 0.3) is 0 Å². The molecule has 0 aliphatic heterocycles. The van der Waals surface area contributed by atoms with Gasteiger partial charge in [0.2, 0.25) is 0 Å². The van der Waals surface area contributed by atoms with Crippen molar-refractivity contribution in [3.63, 3.8) is 0 Å². The molecule has 0 amide bonds. The molecule has 2 nitrogen and oxygen atoms in total. The van der Waals surface area contributed by atoms with E-state index in [1.807, 2.05) is 7.11 Å². The van der Waals surface area contributed by atoms with E-state index in [9.17, 15) is 0 Å². The molecule has 1 aliphatic carbocycles. The van der Waals surface area contributed by atoms with Crippen molar-refractivity contribution in [3.8, 4) is 0 Å². The number of hydrogen-bond acceptors (Lipinski definition) is 2. The zero-order valence-corrected chi connectivity index (χ0v) is 12.0. The third kappa shape index (κ3) is 5.87. The predicted octanol–water partition coefficient (Wildman–Crippen LogP) is 3.75. The van der Waals surface area contributed by atoms with Crippen LogP contribution in [-0.4, -0.2) is 25.8 Å². The highest BCUT2D eigenvalue weighted by atomic mass is 16.5. The Morgan fingerprint density at radius 2 is 1.88 bits per heavy atom. The lowest BCUT2D eigenvalue weighted by Crippen LogP contribution is -2.37. The summed E-state index contributed by atoms with van der Waals surface area (Å²) in [5.41, 5.74) is 0. The predicted molar refractivity (Wildman–Crippen MR) is 74.4 cm³/mol. The van der Waals surface area contributed by atoms with E-state index >= 15 is 0 Å². The maximum absolute atomic E-state index is 5.41. The van der Waals surface area contributed by atoms with Gasteiger partial charge in [0.15, 0.2) is 0 Å². The van der Waals surface area contributed by atoms with Crippen molar-refractivity contribution >= 4 is 0 Å². The molecule has 0 radical (unpaired) electrons. The molecule has 1 unspecified atom stereocenters. The third-order valence-electron chi connectivity index (χ3n) is 4.25. The minimum absolute atomic E-state index is 0.523. The lowest BCUT2D eigenvalue weighted by atomic mass is 9.92. The van der Waals surface area contributed by atoms with Crippen LogP contribution < -0.4 is 5.32 Å². The number of methoxy groups -OCH3 is 1. The summed E-state index contributed by atoms with van der Waals surface area (Å²) in [5.74, 6) is 0.884. The van der Waals surface area contributed by atoms with Gasteiger partial charge in [-0.1, -0.05) is 33.1 Å². The second-order valence-electron chi connectivity index (χ2n) is 5.53. The molecule has 1 atom stereocenters. The van der Waals surface area contributed by atoms with Gasteiger partial charge in [-0.25, -0.2) is 0 Å². The maximum Gasteiger partial charge on any atom is 0.0572 e. The topological polar surface area (TPSA) is 21.3 Å². The Balaban J connectivity index is 2.12. The van der Waals surface area contributed by atoms with E-state index in [4.69, 9.17) is 4.74 Å². The quantitative estimate of drug-likeness (QED) is 0.699. The first kappa shape index (κ1) is 15.0. The minimum Gasteiger partial charge on any atom is -0.381 e. The summed E-state index contributed by atoms with van der Waals surface area (Å²) in [6.45, 7) is 5.83. The maximum atomic E-state index is 5.41. The van der Waals surface area contributed by atoms with Gasteiger partial charge in [-0.2, -0.15) is 0 Å². The van der Waals surface area contributed by atoms with Crippen molar-refractivity contribution < 1.29 is 4.74 Å². The first-order valence-electron chi connectivity index (χ1n) is 7.56. The van der Waals surface area contributed by atoms with Crippen molar-refractivity contribution in [1.29, 1.82) is 0 Å². The van der Waals surface area contributed by atoms with Crippen LogP contribution >= 0.6 is 0 Å². The largest absolute Gasteiger partial charge is 0.381 e. The highest BCUT2D eigenvalue weighted by Gasteiger charge is 2.20. The summed E-state index contributed by atoms with van der Waals surface area (Å²) in [4.78, 5) is 0. The Bertz CT molecular complexity index is 176. The molecule has 1 fully saturated rings. The lowest BCUT2D eigenvalue weighted by molar-refractivity contribution is 0.0620. The monoisotopic (exact) mass is 241 g/mol. The van der Waals surface area contributed by atoms with Crippen LogP contribution in [-0.2, 0) is 4.74 Å². The lowest BCUT2D eigenvalue weighted by Gasteiger charge is -2.29. The molecule has 2 heteroatoms. The smallest absolute Gasteiger partial charge is 0.0572 e. The fourth-order valence-corrected chi connectivity index (χ4v) is 2.78. The third-order valence-corrected chi connectivity index (χ3v) is 4.25. The number of hydrogen-bond donors (Lipinski definition) is 1. The molecule has 102 valence electrons. The summed E-state index contributed by atoms with van der Waals surface area (Å²) in [7, 11) is 1.84. The van der Waals surface area contributed by atoms with Crippen LogP contribution in [0.4, 0.5) is 0 Å². The number of nitrogens with one attached hydrogen (secondary N) is 1. The van der Waals surface area contributed by atoms with E-state index in [0.29, 0.717) is 6.10 Å². The number of ether oxygens (including phenoxy) is 1. The highest BCUT2D eigenvalue weighted by molar-refractivity contribution is 4.78. The van der Waals surface area contributed by atoms with Crippen LogP contribution in [0.5, 0.6) is 0 Å². The van der Waals surface area contributed by atoms with Gasteiger partial charge in [0.25, 0.3) is 0 Å². The molecule has 1 saturated carbocycles. The van der Waals surface area contributed by atoms with E-state index in [0.717, 1.165) is 12.0 Å². The summed E-state index contributed by atoms with van der Waals surface area (Å²) in [5, 5.41) is 3.77. The molecule has 1 aliphatic rings. The van der Waals surface area contributed by atoms with Crippen LogP contribution in [0.15, 0.2) is 0 Å². The van der Waals surface area contributed by atoms with E-state index in [2.05, 4.69) is 19.2 Å². The normalized spacial score (nSPS) is 27.0. The standard InChI is InChI=1S/C15H31NO/c1-4-6-7-13(5-2)12-16-14-8-10-15(17-3)11-9-14/h13-16H,4-12H2,1-3H3. The van der Waals surface area contributed by atoms with E-state index in [1.54, 1.807) is 0 Å². The molecule has 0 aromatic carbocycles. The zero-order chi connectivity index (χ0) is 12.5. The van der Waals surface area contributed by atoms with Crippen molar-refractivity contribution in [2.45, 2.75) is 77.4 Å². The highest BCUT2D eigenvalue weighted by Crippen LogP contribution is 2.21. The average Bonchev–Trinajstić information content (AvgIpc) is 2.39. The van der Waals surface area contributed by atoms with Crippen LogP contribution in [0.3, 0.4) is 0 Å². The van der Waals surface area contributed by atoms with E-state index in [-0.39, 0.29) is 0 Å². The SMILES string of the molecule is CCCCC(CC)CNC1CCC(OC)CC1. The van der Waals surface area contributed by atoms with Gasteiger partial charge < -0.3 is 10.1 Å². The summed E-state index contributed by atoms with van der Waals surface area (Å²) < 4.78 is 5.41. The molecule has 17 heavy (non-hydrogen) atoms. The van der Waals surface area contributed by atoms with Crippen molar-refractivity contribution in [3.05, 3.63) is 0 Å². The number of rotatable bonds is 8. The molecule has 0 saturated heterocycles. The van der Waals surface area contributed by atoms with Gasteiger partial charge in [0.05, 0.1) is 6.10 Å². The average molecular weight is 241 g/mol. The molecule has 0 aromatic rings. The Hall–Kier alpha value is -0.0800. The molecular weight excluding hydrogens is 210 g/mol. The van der Waals surface area contributed by atoms with Gasteiger partial charge in [-0.3, -0.25) is 0 Å². The molecule has 0 aromatic heterocycles. The van der Waals surface area contributed by atoms with Gasteiger partial charge in [0.1, 0.15) is 0 Å². The first-order chi connectivity index (χ1) is 8.30. The molecule has 0 spiro atoms. The van der Waals surface area contributed by atoms with Crippen molar-refractivity contribution in [2.24, 2.45) is 5.92 Å². The molecule has 1 N–H and O–H groups in total. The van der Waals surface area contributed by atoms with Crippen molar-refractivity contribution in [2.75, 3.05) is 13.7 Å². The fourth-order valence-electron chi connectivity index (χ4n) is 2.78.